The zero-order chi connectivity index (χ0) is 32.9. The van der Waals surface area contributed by atoms with E-state index in [0.29, 0.717) is 12.8 Å². The Hall–Kier alpha value is -1.93. The van der Waals surface area contributed by atoms with Crippen molar-refractivity contribution in [3.05, 3.63) is 12.2 Å². The molecule has 0 heterocycles. The molecule has 0 N–H and O–H groups in total. The molecule has 0 aromatic heterocycles. The number of hydrogen-bond donors (Lipinski definition) is 0. The summed E-state index contributed by atoms with van der Waals surface area (Å²) in [5, 5.41) is 11.5. The number of carboxylic acid groups (broad SMARTS) is 1. The van der Waals surface area contributed by atoms with E-state index in [1.54, 1.807) is 21.1 Å². The Kier molecular flexibility index (Phi) is 27.3. The number of unbranched alkanes of at least 4 members (excludes halogenated alkanes) is 15. The molecule has 0 bridgehead atoms. The fraction of sp³-hybridized carbons (Fsp3) is 0.861. The minimum absolute atomic E-state index is 0.0385. The average molecular weight is 626 g/mol. The molecule has 0 saturated carbocycles. The Morgan fingerprint density at radius 3 is 1.66 bits per heavy atom. The van der Waals surface area contributed by atoms with Crippen LogP contribution in [-0.2, 0) is 28.6 Å². The van der Waals surface area contributed by atoms with Crippen LogP contribution in [0, 0.1) is 0 Å². The highest BCUT2D eigenvalue weighted by molar-refractivity contribution is 5.70. The summed E-state index contributed by atoms with van der Waals surface area (Å²) in [5.74, 6) is -1.76. The van der Waals surface area contributed by atoms with Crippen molar-refractivity contribution in [2.24, 2.45) is 0 Å². The highest BCUT2D eigenvalue weighted by atomic mass is 16.6. The predicted molar refractivity (Wildman–Crippen MR) is 176 cm³/mol. The van der Waals surface area contributed by atoms with Crippen LogP contribution in [0.3, 0.4) is 0 Å². The summed E-state index contributed by atoms with van der Waals surface area (Å²) in [4.78, 5) is 36.4. The molecule has 8 nitrogen and oxygen atoms in total. The Morgan fingerprint density at radius 1 is 0.659 bits per heavy atom. The molecule has 44 heavy (non-hydrogen) atoms. The summed E-state index contributed by atoms with van der Waals surface area (Å²) in [6.07, 6.45) is 25.3. The third kappa shape index (κ3) is 26.5. The maximum absolute atomic E-state index is 12.6. The van der Waals surface area contributed by atoms with Crippen molar-refractivity contribution in [1.82, 2.24) is 0 Å². The number of ether oxygens (including phenoxy) is 3. The fourth-order valence-corrected chi connectivity index (χ4v) is 5.06. The monoisotopic (exact) mass is 625 g/mol. The quantitative estimate of drug-likeness (QED) is 0.0351. The minimum Gasteiger partial charge on any atom is -0.544 e. The van der Waals surface area contributed by atoms with Crippen molar-refractivity contribution in [3.8, 4) is 0 Å². The number of hydrogen-bond acceptors (Lipinski definition) is 7. The lowest BCUT2D eigenvalue weighted by Crippen LogP contribution is -2.55. The van der Waals surface area contributed by atoms with Crippen molar-refractivity contribution in [3.63, 3.8) is 0 Å². The van der Waals surface area contributed by atoms with Gasteiger partial charge in [0.1, 0.15) is 12.6 Å². The van der Waals surface area contributed by atoms with Crippen LogP contribution in [0.4, 0.5) is 0 Å². The summed E-state index contributed by atoms with van der Waals surface area (Å²) in [5.41, 5.74) is 0. The lowest BCUT2D eigenvalue weighted by molar-refractivity contribution is -0.889. The zero-order valence-corrected chi connectivity index (χ0v) is 29.1. The number of likely N-dealkylation sites (N-methyl/N-ethyl adjacent to an activating group) is 1. The van der Waals surface area contributed by atoms with Gasteiger partial charge in [0.05, 0.1) is 40.3 Å². The first-order valence-corrected chi connectivity index (χ1v) is 17.7. The second-order valence-electron chi connectivity index (χ2n) is 13.1. The van der Waals surface area contributed by atoms with E-state index in [9.17, 15) is 19.5 Å². The summed E-state index contributed by atoms with van der Waals surface area (Å²) in [7, 11) is 5.38. The third-order valence-corrected chi connectivity index (χ3v) is 7.90. The van der Waals surface area contributed by atoms with Crippen LogP contribution in [0.15, 0.2) is 12.2 Å². The SMILES string of the molecule is CCCCCCCC/C=C/CCCCCC(=O)OC(COCCC(C(=O)[O-])[N+](C)(C)C)COC(=O)CCCCCCCCC. The number of esters is 2. The summed E-state index contributed by atoms with van der Waals surface area (Å²) < 4.78 is 17.0. The molecule has 0 aliphatic rings. The highest BCUT2D eigenvalue weighted by Crippen LogP contribution is 2.12. The van der Waals surface area contributed by atoms with Crippen LogP contribution < -0.4 is 5.11 Å². The van der Waals surface area contributed by atoms with Crippen molar-refractivity contribution in [2.75, 3.05) is 41.0 Å². The van der Waals surface area contributed by atoms with Gasteiger partial charge >= 0.3 is 11.9 Å². The molecular weight excluding hydrogens is 558 g/mol. The van der Waals surface area contributed by atoms with Gasteiger partial charge in [-0.2, -0.15) is 0 Å². The molecule has 258 valence electrons. The molecule has 8 heteroatoms. The van der Waals surface area contributed by atoms with Crippen LogP contribution in [0.2, 0.25) is 0 Å². The lowest BCUT2D eigenvalue weighted by Gasteiger charge is -2.34. The van der Waals surface area contributed by atoms with Crippen molar-refractivity contribution < 1.29 is 38.2 Å². The summed E-state index contributed by atoms with van der Waals surface area (Å²) >= 11 is 0. The van der Waals surface area contributed by atoms with Gasteiger partial charge in [0.15, 0.2) is 6.10 Å². The Labute approximate surface area is 269 Å². The predicted octanol–water partition coefficient (Wildman–Crippen LogP) is 7.07. The number of allylic oxidation sites excluding steroid dienone is 2. The molecule has 0 saturated heterocycles. The standard InChI is InChI=1S/C36H67NO7/c1-6-8-10-12-14-15-16-17-18-19-21-23-25-27-35(39)44-32(30-42-29-28-33(36(40)41)37(3,4)5)31-43-34(38)26-24-22-20-13-11-9-7-2/h17-18,32-33H,6-16,19-31H2,1-5H3/b18-17+. The molecule has 0 fully saturated rings. The first kappa shape index (κ1) is 42.1. The van der Waals surface area contributed by atoms with Gasteiger partial charge in [-0.25, -0.2) is 0 Å². The second-order valence-corrected chi connectivity index (χ2v) is 13.1. The number of carbonyl (C=O) groups excluding carboxylic acids is 3. The van der Waals surface area contributed by atoms with E-state index in [4.69, 9.17) is 14.2 Å². The normalized spacial score (nSPS) is 13.2. The first-order chi connectivity index (χ1) is 21.1. The van der Waals surface area contributed by atoms with E-state index in [-0.39, 0.29) is 42.7 Å². The number of rotatable bonds is 31. The summed E-state index contributed by atoms with van der Waals surface area (Å²) in [6.45, 7) is 4.57. The van der Waals surface area contributed by atoms with E-state index in [1.807, 2.05) is 0 Å². The zero-order valence-electron chi connectivity index (χ0n) is 29.1. The third-order valence-electron chi connectivity index (χ3n) is 7.90. The maximum Gasteiger partial charge on any atom is 0.306 e. The molecule has 0 aromatic rings. The molecule has 0 aliphatic heterocycles. The van der Waals surface area contributed by atoms with E-state index >= 15 is 0 Å². The Balaban J connectivity index is 4.46. The molecule has 0 amide bonds. The fourth-order valence-electron chi connectivity index (χ4n) is 5.06. The molecule has 2 unspecified atom stereocenters. The molecule has 0 aromatic carbocycles. The van der Waals surface area contributed by atoms with Gasteiger partial charge in [-0.05, 0) is 38.5 Å². The number of carboxylic acids is 1. The molecule has 0 spiro atoms. The number of aliphatic carboxylic acids is 1. The number of carbonyl (C=O) groups is 3. The lowest BCUT2D eigenvalue weighted by atomic mass is 10.1. The minimum atomic E-state index is -1.13. The van der Waals surface area contributed by atoms with Gasteiger partial charge in [0, 0.05) is 19.3 Å². The molecule has 2 atom stereocenters. The molecule has 0 rings (SSSR count). The van der Waals surface area contributed by atoms with Crippen LogP contribution in [0.25, 0.3) is 0 Å². The van der Waals surface area contributed by atoms with Crippen LogP contribution in [0.1, 0.15) is 149 Å². The largest absolute Gasteiger partial charge is 0.544 e. The number of nitrogens with zero attached hydrogens (tertiary/aromatic N) is 1. The van der Waals surface area contributed by atoms with E-state index in [2.05, 4.69) is 26.0 Å². The highest BCUT2D eigenvalue weighted by Gasteiger charge is 2.25. The van der Waals surface area contributed by atoms with Crippen molar-refractivity contribution in [2.45, 2.75) is 161 Å². The van der Waals surface area contributed by atoms with Gasteiger partial charge in [-0.15, -0.1) is 0 Å². The molecule has 0 aliphatic carbocycles. The Bertz CT molecular complexity index is 747. The van der Waals surface area contributed by atoms with Gasteiger partial charge in [0.25, 0.3) is 0 Å². The maximum atomic E-state index is 12.6. The smallest absolute Gasteiger partial charge is 0.306 e. The van der Waals surface area contributed by atoms with Crippen LogP contribution >= 0.6 is 0 Å². The van der Waals surface area contributed by atoms with Crippen LogP contribution in [0.5, 0.6) is 0 Å². The van der Waals surface area contributed by atoms with Crippen molar-refractivity contribution in [1.29, 1.82) is 0 Å². The van der Waals surface area contributed by atoms with E-state index < -0.39 is 18.1 Å². The summed E-state index contributed by atoms with van der Waals surface area (Å²) in [6, 6.07) is -0.721. The average Bonchev–Trinajstić information content (AvgIpc) is 2.96. The van der Waals surface area contributed by atoms with E-state index in [0.717, 1.165) is 51.4 Å². The first-order valence-electron chi connectivity index (χ1n) is 17.7. The molecule has 0 radical (unpaired) electrons. The van der Waals surface area contributed by atoms with E-state index in [1.165, 1.54) is 64.2 Å². The topological polar surface area (TPSA) is 102 Å². The van der Waals surface area contributed by atoms with Gasteiger partial charge in [-0.1, -0.05) is 103 Å². The van der Waals surface area contributed by atoms with Crippen LogP contribution in [-0.4, -0.2) is 75.5 Å². The molecular formula is C36H67NO7. The Morgan fingerprint density at radius 2 is 1.14 bits per heavy atom. The van der Waals surface area contributed by atoms with Gasteiger partial charge in [0.2, 0.25) is 0 Å². The van der Waals surface area contributed by atoms with Gasteiger partial charge < -0.3 is 28.6 Å². The second kappa shape index (κ2) is 28.5. The number of quaternary nitrogens is 1. The van der Waals surface area contributed by atoms with Gasteiger partial charge in [-0.3, -0.25) is 9.59 Å². The van der Waals surface area contributed by atoms with Crippen molar-refractivity contribution >= 4 is 17.9 Å².